The number of aromatic amines is 1. The highest BCUT2D eigenvalue weighted by molar-refractivity contribution is 6.00. The van der Waals surface area contributed by atoms with E-state index in [1.807, 2.05) is 0 Å². The van der Waals surface area contributed by atoms with Crippen molar-refractivity contribution in [1.82, 2.24) is 4.98 Å². The molecule has 1 N–H and O–H groups in total. The summed E-state index contributed by atoms with van der Waals surface area (Å²) >= 11 is 0. The minimum atomic E-state index is -0.213. The molecule has 178 valence electrons. The summed E-state index contributed by atoms with van der Waals surface area (Å²) in [6.45, 7) is 7.11. The van der Waals surface area contributed by atoms with Gasteiger partial charge in [0.2, 0.25) is 0 Å². The Kier molecular flexibility index (Phi) is 5.51. The zero-order valence-electron chi connectivity index (χ0n) is 21.0. The number of aromatic nitrogens is 1. The van der Waals surface area contributed by atoms with Gasteiger partial charge in [-0.1, -0.05) is 61.5 Å². The second-order valence-electron chi connectivity index (χ2n) is 10.7. The van der Waals surface area contributed by atoms with Crippen LogP contribution in [0.15, 0.2) is 71.7 Å². The Hall–Kier alpha value is -3.33. The molecule has 0 saturated heterocycles. The number of ether oxygens (including phenoxy) is 1. The number of benzene rings is 3. The van der Waals surface area contributed by atoms with Crippen molar-refractivity contribution in [2.75, 3.05) is 6.61 Å². The lowest BCUT2D eigenvalue weighted by Gasteiger charge is -2.21. The Balaban J connectivity index is 1.59. The van der Waals surface area contributed by atoms with E-state index in [-0.39, 0.29) is 11.5 Å². The van der Waals surface area contributed by atoms with Gasteiger partial charge in [0.05, 0.1) is 17.2 Å². The van der Waals surface area contributed by atoms with Crippen LogP contribution in [0.5, 0.6) is 0 Å². The van der Waals surface area contributed by atoms with E-state index < -0.39 is 0 Å². The first-order chi connectivity index (χ1) is 17.0. The monoisotopic (exact) mass is 462 g/mol. The average molecular weight is 463 g/mol. The molecule has 2 aliphatic rings. The SMILES string of the molecule is CCc1ccc(C(C2=NC(C)(C)CO2)c2c(-c3ccc4c(c3)CCCC4)[nH]c3ccccc23)cc1. The molecule has 1 aromatic heterocycles. The van der Waals surface area contributed by atoms with Gasteiger partial charge < -0.3 is 9.72 Å². The Labute approximate surface area is 208 Å². The number of aryl methyl sites for hydroxylation is 3. The number of hydrogen-bond donors (Lipinski definition) is 1. The van der Waals surface area contributed by atoms with Crippen molar-refractivity contribution >= 4 is 16.8 Å². The van der Waals surface area contributed by atoms with Gasteiger partial charge in [-0.25, -0.2) is 4.99 Å². The van der Waals surface area contributed by atoms with E-state index in [4.69, 9.17) is 9.73 Å². The third-order valence-corrected chi connectivity index (χ3v) is 7.63. The van der Waals surface area contributed by atoms with E-state index in [1.54, 1.807) is 0 Å². The van der Waals surface area contributed by atoms with Crippen LogP contribution in [0.1, 0.15) is 67.3 Å². The number of para-hydroxylation sites is 1. The predicted molar refractivity (Wildman–Crippen MR) is 146 cm³/mol. The first-order valence-electron chi connectivity index (χ1n) is 13.1. The molecule has 0 spiro atoms. The van der Waals surface area contributed by atoms with Gasteiger partial charge in [-0.2, -0.15) is 0 Å². The molecular formula is C32H34N2O. The summed E-state index contributed by atoms with van der Waals surface area (Å²) in [7, 11) is 0. The van der Waals surface area contributed by atoms with Crippen LogP contribution < -0.4 is 0 Å². The van der Waals surface area contributed by atoms with E-state index in [0.717, 1.165) is 17.8 Å². The number of rotatable bonds is 5. The van der Waals surface area contributed by atoms with E-state index in [1.165, 1.54) is 70.1 Å². The van der Waals surface area contributed by atoms with Crippen LogP contribution in [0.2, 0.25) is 0 Å². The van der Waals surface area contributed by atoms with Crippen LogP contribution in [-0.4, -0.2) is 23.0 Å². The molecule has 0 radical (unpaired) electrons. The molecule has 35 heavy (non-hydrogen) atoms. The lowest BCUT2D eigenvalue weighted by atomic mass is 9.85. The van der Waals surface area contributed by atoms with Gasteiger partial charge in [0.1, 0.15) is 6.61 Å². The van der Waals surface area contributed by atoms with Gasteiger partial charge in [-0.15, -0.1) is 0 Å². The molecule has 0 fully saturated rings. The van der Waals surface area contributed by atoms with Crippen molar-refractivity contribution in [3.63, 3.8) is 0 Å². The zero-order chi connectivity index (χ0) is 24.0. The van der Waals surface area contributed by atoms with Gasteiger partial charge in [0.25, 0.3) is 0 Å². The van der Waals surface area contributed by atoms with Crippen molar-refractivity contribution in [3.8, 4) is 11.3 Å². The van der Waals surface area contributed by atoms with Crippen molar-refractivity contribution in [1.29, 1.82) is 0 Å². The number of hydrogen-bond acceptors (Lipinski definition) is 2. The van der Waals surface area contributed by atoms with Gasteiger partial charge >= 0.3 is 0 Å². The van der Waals surface area contributed by atoms with Crippen molar-refractivity contribution in [3.05, 3.63) is 94.5 Å². The molecule has 4 aromatic rings. The second kappa shape index (κ2) is 8.71. The van der Waals surface area contributed by atoms with E-state index in [2.05, 4.69) is 92.5 Å². The second-order valence-corrected chi connectivity index (χ2v) is 10.7. The smallest absolute Gasteiger partial charge is 0.196 e. The topological polar surface area (TPSA) is 37.4 Å². The zero-order valence-corrected chi connectivity index (χ0v) is 21.0. The summed E-state index contributed by atoms with van der Waals surface area (Å²) in [5, 5.41) is 1.24. The van der Waals surface area contributed by atoms with Gasteiger partial charge in [0.15, 0.2) is 5.90 Å². The normalized spacial score (nSPS) is 17.6. The fourth-order valence-corrected chi connectivity index (χ4v) is 5.72. The molecule has 0 bridgehead atoms. The summed E-state index contributed by atoms with van der Waals surface area (Å²) in [6.07, 6.45) is 5.98. The standard InChI is InChI=1S/C32H34N2O/c1-4-21-13-15-23(16-14-21)28(31-34-32(2,3)20-35-31)29-26-11-7-8-12-27(26)33-30(29)25-18-17-22-9-5-6-10-24(22)19-25/h7-8,11-19,28,33H,4-6,9-10,20H2,1-3H3. The van der Waals surface area contributed by atoms with Gasteiger partial charge in [0, 0.05) is 16.5 Å². The van der Waals surface area contributed by atoms with Crippen LogP contribution in [0.4, 0.5) is 0 Å². The molecule has 3 nitrogen and oxygen atoms in total. The Morgan fingerprint density at radius 3 is 2.46 bits per heavy atom. The summed E-state index contributed by atoms with van der Waals surface area (Å²) in [6, 6.07) is 24.7. The number of H-pyrrole nitrogens is 1. The highest BCUT2D eigenvalue weighted by atomic mass is 16.5. The molecule has 0 saturated carbocycles. The third-order valence-electron chi connectivity index (χ3n) is 7.63. The first-order valence-corrected chi connectivity index (χ1v) is 13.1. The molecule has 2 heterocycles. The summed E-state index contributed by atoms with van der Waals surface area (Å²) in [5.74, 6) is 0.757. The summed E-state index contributed by atoms with van der Waals surface area (Å²) in [5.41, 5.74) is 10.2. The highest BCUT2D eigenvalue weighted by Gasteiger charge is 2.35. The van der Waals surface area contributed by atoms with Crippen molar-refractivity contribution in [2.45, 2.75) is 64.3 Å². The molecule has 1 unspecified atom stereocenters. The maximum atomic E-state index is 6.33. The fourth-order valence-electron chi connectivity index (χ4n) is 5.72. The number of fused-ring (bicyclic) bond motifs is 2. The largest absolute Gasteiger partial charge is 0.478 e. The average Bonchev–Trinajstić information content (AvgIpc) is 3.44. The van der Waals surface area contributed by atoms with Crippen LogP contribution in [0.25, 0.3) is 22.2 Å². The van der Waals surface area contributed by atoms with Crippen LogP contribution in [0, 0.1) is 0 Å². The van der Waals surface area contributed by atoms with Gasteiger partial charge in [-0.3, -0.25) is 0 Å². The minimum absolute atomic E-state index is 0.0649. The van der Waals surface area contributed by atoms with Gasteiger partial charge in [-0.05, 0) is 85.9 Å². The molecule has 3 heteroatoms. The van der Waals surface area contributed by atoms with E-state index >= 15 is 0 Å². The number of nitrogens with zero attached hydrogens (tertiary/aromatic N) is 1. The predicted octanol–water partition coefficient (Wildman–Crippen LogP) is 7.62. The summed E-state index contributed by atoms with van der Waals surface area (Å²) < 4.78 is 6.33. The van der Waals surface area contributed by atoms with Crippen molar-refractivity contribution in [2.24, 2.45) is 4.99 Å². The summed E-state index contributed by atoms with van der Waals surface area (Å²) in [4.78, 5) is 8.88. The molecule has 0 amide bonds. The quantitative estimate of drug-likeness (QED) is 0.325. The van der Waals surface area contributed by atoms with E-state index in [9.17, 15) is 0 Å². The molecule has 3 aromatic carbocycles. The maximum Gasteiger partial charge on any atom is 0.196 e. The van der Waals surface area contributed by atoms with Crippen LogP contribution in [0.3, 0.4) is 0 Å². The Bertz CT molecular complexity index is 1410. The lowest BCUT2D eigenvalue weighted by molar-refractivity contribution is 0.273. The van der Waals surface area contributed by atoms with Crippen molar-refractivity contribution < 1.29 is 4.74 Å². The van der Waals surface area contributed by atoms with E-state index in [0.29, 0.717) is 6.61 Å². The molecule has 1 atom stereocenters. The van der Waals surface area contributed by atoms with Crippen LogP contribution >= 0.6 is 0 Å². The Morgan fingerprint density at radius 1 is 0.943 bits per heavy atom. The maximum absolute atomic E-state index is 6.33. The number of aliphatic imine (C=N–C) groups is 1. The number of nitrogens with one attached hydrogen (secondary N) is 1. The molecule has 1 aliphatic heterocycles. The van der Waals surface area contributed by atoms with Crippen LogP contribution in [-0.2, 0) is 24.0 Å². The molecule has 6 rings (SSSR count). The molecular weight excluding hydrogens is 428 g/mol. The lowest BCUT2D eigenvalue weighted by Crippen LogP contribution is -2.17. The molecule has 1 aliphatic carbocycles. The minimum Gasteiger partial charge on any atom is -0.478 e. The highest BCUT2D eigenvalue weighted by Crippen LogP contribution is 2.42. The Morgan fingerprint density at radius 2 is 1.71 bits per heavy atom. The fraction of sp³-hybridized carbons (Fsp3) is 0.344. The third kappa shape index (κ3) is 4.07. The first kappa shape index (κ1) is 22.2.